The molecule has 166 valence electrons. The van der Waals surface area contributed by atoms with Crippen molar-refractivity contribution in [2.45, 2.75) is 24.8 Å². The Labute approximate surface area is 196 Å². The molecule has 0 unspecified atom stereocenters. The first-order valence-electron chi connectivity index (χ1n) is 10.7. The minimum Gasteiger partial charge on any atom is -0.390 e. The highest BCUT2D eigenvalue weighted by Crippen LogP contribution is 2.25. The minimum atomic E-state index is 0.560. The van der Waals surface area contributed by atoms with Crippen molar-refractivity contribution in [1.82, 2.24) is 14.9 Å². The van der Waals surface area contributed by atoms with Crippen molar-refractivity contribution in [3.8, 4) is 11.1 Å². The topological polar surface area (TPSA) is 51.1 Å². The summed E-state index contributed by atoms with van der Waals surface area (Å²) in [7, 11) is 6.06. The maximum atomic E-state index is 8.62. The first kappa shape index (κ1) is 23.6. The lowest BCUT2D eigenvalue weighted by atomic mass is 10.0. The minimum absolute atomic E-state index is 0.560. The first-order valence-corrected chi connectivity index (χ1v) is 11.5. The van der Waals surface area contributed by atoms with Crippen LogP contribution >= 0.6 is 11.9 Å². The largest absolute Gasteiger partial charge is 0.390 e. The number of nitrogens with zero attached hydrogens (tertiary/aromatic N) is 1. The smallest absolute Gasteiger partial charge is 0.0846 e. The zero-order chi connectivity index (χ0) is 22.9. The van der Waals surface area contributed by atoms with E-state index in [2.05, 4.69) is 89.7 Å². The second kappa shape index (κ2) is 11.6. The van der Waals surface area contributed by atoms with Gasteiger partial charge in [-0.15, -0.1) is 0 Å². The molecule has 4 nitrogen and oxygen atoms in total. The van der Waals surface area contributed by atoms with E-state index in [0.29, 0.717) is 12.1 Å². The molecule has 0 aliphatic heterocycles. The Morgan fingerprint density at radius 3 is 2.22 bits per heavy atom. The van der Waals surface area contributed by atoms with Crippen LogP contribution in [0.25, 0.3) is 11.1 Å². The van der Waals surface area contributed by atoms with E-state index in [1.165, 1.54) is 28.6 Å². The molecule has 0 heterocycles. The third-order valence-corrected chi connectivity index (χ3v) is 5.97. The molecule has 3 aromatic rings. The molecule has 0 saturated heterocycles. The van der Waals surface area contributed by atoms with Crippen molar-refractivity contribution in [2.24, 2.45) is 0 Å². The Hall–Kier alpha value is -3.02. The maximum Gasteiger partial charge on any atom is 0.0846 e. The molecule has 0 bridgehead atoms. The summed E-state index contributed by atoms with van der Waals surface area (Å²) in [6.07, 6.45) is 0.588. The van der Waals surface area contributed by atoms with Crippen molar-refractivity contribution in [3.63, 3.8) is 0 Å². The normalized spacial score (nSPS) is 11.8. The molecule has 5 heteroatoms. The molecule has 0 atom stereocenters. The number of allylic oxidation sites excluding steroid dienone is 2. The van der Waals surface area contributed by atoms with E-state index >= 15 is 0 Å². The zero-order valence-electron chi connectivity index (χ0n) is 19.3. The average Bonchev–Trinajstić information content (AvgIpc) is 2.80. The van der Waals surface area contributed by atoms with E-state index in [4.69, 9.17) is 5.41 Å². The van der Waals surface area contributed by atoms with Crippen molar-refractivity contribution < 1.29 is 0 Å². The second-order valence-corrected chi connectivity index (χ2v) is 8.94. The van der Waals surface area contributed by atoms with Crippen LogP contribution < -0.4 is 10.0 Å². The fourth-order valence-corrected chi connectivity index (χ4v) is 4.19. The van der Waals surface area contributed by atoms with E-state index in [1.807, 2.05) is 32.2 Å². The van der Waals surface area contributed by atoms with Crippen LogP contribution in [0.4, 0.5) is 0 Å². The highest BCUT2D eigenvalue weighted by Gasteiger charge is 2.11. The van der Waals surface area contributed by atoms with Gasteiger partial charge in [0.2, 0.25) is 0 Å². The van der Waals surface area contributed by atoms with Crippen molar-refractivity contribution in [1.29, 1.82) is 5.41 Å². The quantitative estimate of drug-likeness (QED) is 0.276. The van der Waals surface area contributed by atoms with Crippen LogP contribution in [-0.2, 0) is 13.0 Å². The van der Waals surface area contributed by atoms with Gasteiger partial charge in [-0.05, 0) is 73.4 Å². The summed E-state index contributed by atoms with van der Waals surface area (Å²) in [6, 6.07) is 27.4. The van der Waals surface area contributed by atoms with Gasteiger partial charge in [-0.25, -0.2) is 0 Å². The predicted molar refractivity (Wildman–Crippen MR) is 138 cm³/mol. The summed E-state index contributed by atoms with van der Waals surface area (Å²) < 4.78 is 3.40. The van der Waals surface area contributed by atoms with Gasteiger partial charge < -0.3 is 20.3 Å². The Bertz CT molecular complexity index is 1060. The van der Waals surface area contributed by atoms with E-state index in [1.54, 1.807) is 0 Å². The highest BCUT2D eigenvalue weighted by atomic mass is 32.2. The SMILES string of the molecule is CN/C(C)=C(/NSc1ccc(-c2cccc(CN(C)C)c2)cc1)C(=N)Cc1ccccc1. The lowest BCUT2D eigenvalue weighted by Crippen LogP contribution is -2.22. The van der Waals surface area contributed by atoms with Gasteiger partial charge in [0.25, 0.3) is 0 Å². The van der Waals surface area contributed by atoms with Crippen LogP contribution in [0.3, 0.4) is 0 Å². The molecule has 32 heavy (non-hydrogen) atoms. The summed E-state index contributed by atoms with van der Waals surface area (Å²) in [5.41, 5.74) is 7.20. The van der Waals surface area contributed by atoms with Gasteiger partial charge >= 0.3 is 0 Å². The first-order chi connectivity index (χ1) is 15.5. The van der Waals surface area contributed by atoms with Crippen LogP contribution in [0, 0.1) is 5.41 Å². The number of benzene rings is 3. The van der Waals surface area contributed by atoms with Gasteiger partial charge in [0.1, 0.15) is 0 Å². The zero-order valence-corrected chi connectivity index (χ0v) is 20.1. The van der Waals surface area contributed by atoms with E-state index in [-0.39, 0.29) is 0 Å². The Morgan fingerprint density at radius 1 is 0.875 bits per heavy atom. The summed E-state index contributed by atoms with van der Waals surface area (Å²) in [5, 5.41) is 11.8. The van der Waals surface area contributed by atoms with Gasteiger partial charge in [0.05, 0.1) is 11.4 Å². The second-order valence-electron chi connectivity index (χ2n) is 8.06. The third kappa shape index (κ3) is 6.74. The van der Waals surface area contributed by atoms with Crippen molar-refractivity contribution in [2.75, 3.05) is 21.1 Å². The summed E-state index contributed by atoms with van der Waals surface area (Å²) in [4.78, 5) is 3.28. The summed E-state index contributed by atoms with van der Waals surface area (Å²) >= 11 is 1.53. The molecule has 0 fully saturated rings. The third-order valence-electron chi connectivity index (χ3n) is 5.16. The molecule has 0 aromatic heterocycles. The van der Waals surface area contributed by atoms with Crippen molar-refractivity contribution >= 4 is 17.7 Å². The Kier molecular flexibility index (Phi) is 8.54. The highest BCUT2D eigenvalue weighted by molar-refractivity contribution is 7.97. The molecule has 0 aliphatic rings. The molecule has 3 aromatic carbocycles. The fraction of sp³-hybridized carbons (Fsp3) is 0.222. The number of hydrogen-bond donors (Lipinski definition) is 3. The molecule has 3 rings (SSSR count). The van der Waals surface area contributed by atoms with Gasteiger partial charge in [0.15, 0.2) is 0 Å². The number of hydrogen-bond acceptors (Lipinski definition) is 5. The number of nitrogens with one attached hydrogen (secondary N) is 3. The van der Waals surface area contributed by atoms with Crippen LogP contribution in [0.15, 0.2) is 95.2 Å². The van der Waals surface area contributed by atoms with E-state index in [0.717, 1.165) is 28.4 Å². The number of rotatable bonds is 10. The predicted octanol–water partition coefficient (Wildman–Crippen LogP) is 5.73. The Morgan fingerprint density at radius 2 is 1.56 bits per heavy atom. The van der Waals surface area contributed by atoms with E-state index in [9.17, 15) is 0 Å². The molecular formula is C27H32N4S. The van der Waals surface area contributed by atoms with Gasteiger partial charge in [-0.3, -0.25) is 0 Å². The average molecular weight is 445 g/mol. The van der Waals surface area contributed by atoms with Crippen molar-refractivity contribution in [3.05, 3.63) is 101 Å². The van der Waals surface area contributed by atoms with Crippen LogP contribution in [0.5, 0.6) is 0 Å². The van der Waals surface area contributed by atoms with Gasteiger partial charge in [-0.2, -0.15) is 0 Å². The van der Waals surface area contributed by atoms with Crippen LogP contribution in [-0.4, -0.2) is 31.8 Å². The Balaban J connectivity index is 1.68. The monoisotopic (exact) mass is 444 g/mol. The van der Waals surface area contributed by atoms with E-state index < -0.39 is 0 Å². The molecule has 0 saturated carbocycles. The standard InChI is InChI=1S/C27H32N4S/c1-20(29-2)27(26(28)18-21-9-6-5-7-10-21)30-32-25-15-13-23(14-16-25)24-12-8-11-22(17-24)19-31(3)4/h5-17,28-30H,18-19H2,1-4H3/b27-20+,28-26?. The van der Waals surface area contributed by atoms with Crippen LogP contribution in [0.1, 0.15) is 18.1 Å². The summed E-state index contributed by atoms with van der Waals surface area (Å²) in [5.74, 6) is 0. The van der Waals surface area contributed by atoms with Gasteiger partial charge in [-0.1, -0.05) is 60.7 Å². The maximum absolute atomic E-state index is 8.62. The molecule has 0 radical (unpaired) electrons. The van der Waals surface area contributed by atoms with Gasteiger partial charge in [0, 0.05) is 30.6 Å². The summed E-state index contributed by atoms with van der Waals surface area (Å²) in [6.45, 7) is 2.92. The molecule has 0 aliphatic carbocycles. The molecule has 3 N–H and O–H groups in total. The lowest BCUT2D eigenvalue weighted by Gasteiger charge is -2.16. The molecular weight excluding hydrogens is 412 g/mol. The fourth-order valence-electron chi connectivity index (χ4n) is 3.42. The molecule has 0 amide bonds. The van der Waals surface area contributed by atoms with Crippen LogP contribution in [0.2, 0.25) is 0 Å². The lowest BCUT2D eigenvalue weighted by molar-refractivity contribution is 0.402. The molecule has 0 spiro atoms.